The molecule has 1 aliphatic rings. The molecule has 1 aromatic carbocycles. The largest absolute Gasteiger partial charge is 0.493 e. The van der Waals surface area contributed by atoms with Crippen LogP contribution >= 0.6 is 0 Å². The van der Waals surface area contributed by atoms with Crippen LogP contribution in [0.5, 0.6) is 5.75 Å². The van der Waals surface area contributed by atoms with Crippen LogP contribution in [0.25, 0.3) is 0 Å². The number of benzene rings is 1. The lowest BCUT2D eigenvalue weighted by molar-refractivity contribution is -0.272. The van der Waals surface area contributed by atoms with Crippen molar-refractivity contribution in [3.8, 4) is 5.75 Å². The highest BCUT2D eigenvalue weighted by Crippen LogP contribution is 2.55. The fraction of sp³-hybridized carbons (Fsp3) is 0.381. The Hall–Kier alpha value is -3.48. The summed E-state index contributed by atoms with van der Waals surface area (Å²) in [4.78, 5) is 28.2. The van der Waals surface area contributed by atoms with Crippen molar-refractivity contribution in [2.24, 2.45) is 16.6 Å². The number of carbonyl (C=O) groups is 2. The molecule has 1 aromatic heterocycles. The van der Waals surface area contributed by atoms with Crippen LogP contribution in [0.15, 0.2) is 35.5 Å². The van der Waals surface area contributed by atoms with Crippen LogP contribution in [0.2, 0.25) is 0 Å². The van der Waals surface area contributed by atoms with Crippen LogP contribution in [0.1, 0.15) is 39.9 Å². The third-order valence-corrected chi connectivity index (χ3v) is 5.86. The Morgan fingerprint density at radius 1 is 1.32 bits per heavy atom. The molecule has 4 atom stereocenters. The van der Waals surface area contributed by atoms with E-state index in [2.05, 4.69) is 9.73 Å². The standard InChI is InChI=1S/C21H20F5N3O5/c1-9-14(11-4-5-12(22)15(23)16(11)33-3)17(34-20(9,2)21(24,25)26)19(31)28-10-6-7-29(32)13(8-10)18(27)30/h4-9,14,17,32H,1-3H3,(H2,27,30)/t9-,14-,17+,20+/m0/s1/i3D3. The van der Waals surface area contributed by atoms with Crippen molar-refractivity contribution in [2.45, 2.75) is 37.6 Å². The van der Waals surface area contributed by atoms with Gasteiger partial charge in [-0.2, -0.15) is 22.3 Å². The summed E-state index contributed by atoms with van der Waals surface area (Å²) >= 11 is 0. The van der Waals surface area contributed by atoms with Crippen molar-refractivity contribution in [2.75, 3.05) is 7.04 Å². The molecular weight excluding hydrogens is 469 g/mol. The summed E-state index contributed by atoms with van der Waals surface area (Å²) in [5, 5.41) is 9.32. The van der Waals surface area contributed by atoms with E-state index >= 15 is 0 Å². The summed E-state index contributed by atoms with van der Waals surface area (Å²) < 4.78 is 103. The summed E-state index contributed by atoms with van der Waals surface area (Å²) in [6.07, 6.45) is -6.25. The van der Waals surface area contributed by atoms with Crippen molar-refractivity contribution in [1.29, 1.82) is 0 Å². The van der Waals surface area contributed by atoms with Gasteiger partial charge in [0.25, 0.3) is 11.8 Å². The van der Waals surface area contributed by atoms with E-state index in [1.165, 1.54) is 0 Å². The fourth-order valence-electron chi connectivity index (χ4n) is 3.85. The second-order valence-corrected chi connectivity index (χ2v) is 7.77. The minimum Gasteiger partial charge on any atom is -0.493 e. The highest BCUT2D eigenvalue weighted by Gasteiger charge is 2.65. The van der Waals surface area contributed by atoms with Gasteiger partial charge in [0, 0.05) is 23.6 Å². The van der Waals surface area contributed by atoms with Gasteiger partial charge in [0.2, 0.25) is 5.82 Å². The predicted molar refractivity (Wildman–Crippen MR) is 105 cm³/mol. The summed E-state index contributed by atoms with van der Waals surface area (Å²) in [6.45, 7) is 1.68. The Bertz CT molecular complexity index is 1310. The molecule has 8 nitrogen and oxygen atoms in total. The molecule has 3 N–H and O–H groups in total. The van der Waals surface area contributed by atoms with E-state index in [-0.39, 0.29) is 5.36 Å². The molecule has 13 heteroatoms. The number of nitrogens with zero attached hydrogens (tertiary/aromatic N) is 2. The molecule has 184 valence electrons. The SMILES string of the molecule is [2H]C([2H])([2H])Oc1c([C@H]2[C@H](C(=O)N=c3ccn(O)c(C(N)=O)c3)O[C@@](C)(C(F)(F)F)[C@H]2C)ccc(F)c1F. The molecule has 0 saturated carbocycles. The zero-order chi connectivity index (χ0) is 28.1. The first-order valence-electron chi connectivity index (χ1n) is 11.1. The van der Waals surface area contributed by atoms with Crippen molar-refractivity contribution in [3.63, 3.8) is 0 Å². The summed E-state index contributed by atoms with van der Waals surface area (Å²) in [5.41, 5.74) is 1.03. The lowest BCUT2D eigenvalue weighted by atomic mass is 9.77. The van der Waals surface area contributed by atoms with Gasteiger partial charge in [0.15, 0.2) is 17.2 Å². The molecule has 0 spiro atoms. The number of amides is 2. The van der Waals surface area contributed by atoms with E-state index in [1.807, 2.05) is 0 Å². The number of carbonyl (C=O) groups excluding carboxylic acids is 2. The van der Waals surface area contributed by atoms with E-state index in [1.54, 1.807) is 0 Å². The van der Waals surface area contributed by atoms with Gasteiger partial charge in [-0.1, -0.05) is 13.0 Å². The van der Waals surface area contributed by atoms with E-state index in [9.17, 15) is 36.7 Å². The van der Waals surface area contributed by atoms with Crippen molar-refractivity contribution < 1.29 is 50.3 Å². The highest BCUT2D eigenvalue weighted by molar-refractivity contribution is 5.91. The van der Waals surface area contributed by atoms with E-state index in [0.717, 1.165) is 31.3 Å². The molecule has 0 unspecified atom stereocenters. The van der Waals surface area contributed by atoms with Crippen LogP contribution in [0.3, 0.4) is 0 Å². The molecule has 2 amide bonds. The van der Waals surface area contributed by atoms with E-state index in [0.29, 0.717) is 17.7 Å². The number of halogens is 5. The molecular formula is C21H20F5N3O5. The van der Waals surface area contributed by atoms with Crippen LogP contribution in [0, 0.1) is 17.6 Å². The van der Waals surface area contributed by atoms with Gasteiger partial charge in [-0.25, -0.2) is 9.38 Å². The quantitative estimate of drug-likeness (QED) is 0.503. The first kappa shape index (κ1) is 21.1. The maximum atomic E-state index is 14.6. The van der Waals surface area contributed by atoms with Crippen molar-refractivity contribution in [1.82, 2.24) is 4.73 Å². The Balaban J connectivity index is 2.22. The number of methoxy groups -OCH3 is 1. The van der Waals surface area contributed by atoms with Gasteiger partial charge >= 0.3 is 6.18 Å². The maximum Gasteiger partial charge on any atom is 0.417 e. The van der Waals surface area contributed by atoms with Gasteiger partial charge in [-0.3, -0.25) is 9.59 Å². The van der Waals surface area contributed by atoms with Gasteiger partial charge in [0.1, 0.15) is 11.8 Å². The molecule has 34 heavy (non-hydrogen) atoms. The molecule has 2 heterocycles. The minimum absolute atomic E-state index is 0.302. The summed E-state index contributed by atoms with van der Waals surface area (Å²) in [6, 6.07) is 3.25. The summed E-state index contributed by atoms with van der Waals surface area (Å²) in [5.74, 6) is -10.3. The Labute approximate surface area is 193 Å². The van der Waals surface area contributed by atoms with E-state index < -0.39 is 77.2 Å². The van der Waals surface area contributed by atoms with Gasteiger partial charge in [-0.15, -0.1) is 0 Å². The van der Waals surface area contributed by atoms with Crippen molar-refractivity contribution >= 4 is 11.8 Å². The third-order valence-electron chi connectivity index (χ3n) is 5.86. The zero-order valence-corrected chi connectivity index (χ0v) is 17.6. The normalized spacial score (nSPS) is 27.1. The van der Waals surface area contributed by atoms with Crippen LogP contribution in [-0.4, -0.2) is 46.7 Å². The number of ether oxygens (including phenoxy) is 2. The maximum absolute atomic E-state index is 14.6. The lowest BCUT2D eigenvalue weighted by Gasteiger charge is -2.32. The second kappa shape index (κ2) is 8.70. The van der Waals surface area contributed by atoms with Crippen molar-refractivity contribution in [3.05, 3.63) is 58.7 Å². The topological polar surface area (TPSA) is 116 Å². The number of primary amides is 1. The molecule has 0 bridgehead atoms. The van der Waals surface area contributed by atoms with Crippen LogP contribution in [-0.2, 0) is 9.53 Å². The van der Waals surface area contributed by atoms with Gasteiger partial charge in [0.05, 0.1) is 16.5 Å². The Kier molecular flexibility index (Phi) is 5.40. The first-order chi connectivity index (χ1) is 16.9. The number of rotatable bonds is 4. The number of hydrogen-bond donors (Lipinski definition) is 2. The van der Waals surface area contributed by atoms with Gasteiger partial charge in [-0.05, 0) is 25.1 Å². The predicted octanol–water partition coefficient (Wildman–Crippen LogP) is 2.68. The molecule has 1 fully saturated rings. The third kappa shape index (κ3) is 4.11. The monoisotopic (exact) mass is 492 g/mol. The first-order valence-corrected chi connectivity index (χ1v) is 9.59. The number of hydrogen-bond acceptors (Lipinski definition) is 5. The number of pyridine rings is 1. The molecule has 3 rings (SSSR count). The summed E-state index contributed by atoms with van der Waals surface area (Å²) in [7, 11) is -3.32. The number of nitrogens with two attached hydrogens (primary N) is 1. The smallest absolute Gasteiger partial charge is 0.417 e. The lowest BCUT2D eigenvalue weighted by Crippen LogP contribution is -2.47. The molecule has 0 aliphatic carbocycles. The fourth-order valence-corrected chi connectivity index (χ4v) is 3.85. The Morgan fingerprint density at radius 2 is 2.00 bits per heavy atom. The van der Waals surface area contributed by atoms with Gasteiger partial charge < -0.3 is 20.4 Å². The number of alkyl halides is 3. The molecule has 1 aliphatic heterocycles. The number of aromatic nitrogens is 1. The molecule has 1 saturated heterocycles. The molecule has 0 radical (unpaired) electrons. The van der Waals surface area contributed by atoms with Crippen LogP contribution < -0.4 is 15.8 Å². The highest BCUT2D eigenvalue weighted by atomic mass is 19.4. The second-order valence-electron chi connectivity index (χ2n) is 7.77. The average Bonchev–Trinajstić information content (AvgIpc) is 3.04. The zero-order valence-electron chi connectivity index (χ0n) is 20.6. The van der Waals surface area contributed by atoms with E-state index in [4.69, 9.17) is 14.6 Å². The minimum atomic E-state index is -5.06. The average molecular weight is 492 g/mol. The molecule has 2 aromatic rings. The Morgan fingerprint density at radius 3 is 2.59 bits per heavy atom. The van der Waals surface area contributed by atoms with Crippen LogP contribution in [0.4, 0.5) is 22.0 Å².